The Hall–Kier alpha value is -2.15. The number of hydrogen-bond donors (Lipinski definition) is 0. The molecule has 5 nitrogen and oxygen atoms in total. The zero-order valence-corrected chi connectivity index (χ0v) is 19.3. The highest BCUT2D eigenvalue weighted by Crippen LogP contribution is 2.33. The summed E-state index contributed by atoms with van der Waals surface area (Å²) < 4.78 is 6.43. The average molecular weight is 444 g/mol. The van der Waals surface area contributed by atoms with Gasteiger partial charge in [-0.15, -0.1) is 0 Å². The molecule has 7 heteroatoms. The summed E-state index contributed by atoms with van der Waals surface area (Å²) in [5.74, 6) is 0.323. The van der Waals surface area contributed by atoms with Gasteiger partial charge in [-0.3, -0.25) is 9.69 Å². The van der Waals surface area contributed by atoms with Gasteiger partial charge in [0.2, 0.25) is 0 Å². The molecule has 1 aliphatic rings. The fourth-order valence-electron chi connectivity index (χ4n) is 4.20. The number of rotatable bonds is 4. The molecule has 0 aliphatic carbocycles. The number of piperazine rings is 1. The molecular formula is C23H26ClN3O2S. The van der Waals surface area contributed by atoms with E-state index in [2.05, 4.69) is 29.7 Å². The summed E-state index contributed by atoms with van der Waals surface area (Å²) in [6, 6.07) is 12.6. The maximum atomic E-state index is 11.3. The lowest BCUT2D eigenvalue weighted by molar-refractivity contribution is -0.131. The van der Waals surface area contributed by atoms with E-state index in [1.165, 1.54) is 6.92 Å². The van der Waals surface area contributed by atoms with E-state index in [-0.39, 0.29) is 5.97 Å². The Kier molecular flexibility index (Phi) is 6.00. The van der Waals surface area contributed by atoms with Crippen molar-refractivity contribution in [3.63, 3.8) is 0 Å². The predicted octanol–water partition coefficient (Wildman–Crippen LogP) is 5.28. The average Bonchev–Trinajstić information content (AvgIpc) is 3.06. The normalized spacial score (nSPS) is 20.0. The molecule has 1 aliphatic heterocycles. The largest absolute Gasteiger partial charge is 0.427 e. The number of esters is 1. The van der Waals surface area contributed by atoms with E-state index in [9.17, 15) is 4.79 Å². The van der Waals surface area contributed by atoms with Crippen LogP contribution in [0.3, 0.4) is 0 Å². The number of ether oxygens (including phenoxy) is 1. The molecule has 158 valence electrons. The summed E-state index contributed by atoms with van der Waals surface area (Å²) in [5.41, 5.74) is 3.25. The summed E-state index contributed by atoms with van der Waals surface area (Å²) in [6.45, 7) is 10.6. The minimum Gasteiger partial charge on any atom is -0.427 e. The van der Waals surface area contributed by atoms with Crippen LogP contribution in [0.25, 0.3) is 10.2 Å². The standard InChI is InChI=1S/C23H26ClN3O2S/c1-14-7-18(9-20(8-14)29-17(4)28)13-27-15(2)11-26(12-16(27)3)23-25-21-6-5-19(24)10-22(21)30-23/h5-10,15-16H,11-13H2,1-4H3. The first-order valence-electron chi connectivity index (χ1n) is 10.1. The van der Waals surface area contributed by atoms with Crippen molar-refractivity contribution in [2.45, 2.75) is 46.3 Å². The monoisotopic (exact) mass is 443 g/mol. The van der Waals surface area contributed by atoms with Gasteiger partial charge in [-0.2, -0.15) is 0 Å². The quantitative estimate of drug-likeness (QED) is 0.405. The molecule has 2 aromatic carbocycles. The third-order valence-corrected chi connectivity index (χ3v) is 6.76. The van der Waals surface area contributed by atoms with Crippen LogP contribution < -0.4 is 9.64 Å². The molecule has 0 N–H and O–H groups in total. The lowest BCUT2D eigenvalue weighted by Gasteiger charge is -2.44. The summed E-state index contributed by atoms with van der Waals surface area (Å²) in [4.78, 5) is 21.0. The van der Waals surface area contributed by atoms with Crippen molar-refractivity contribution in [1.29, 1.82) is 0 Å². The number of anilines is 1. The number of nitrogens with zero attached hydrogens (tertiary/aromatic N) is 3. The maximum absolute atomic E-state index is 11.3. The third-order valence-electron chi connectivity index (χ3n) is 5.45. The smallest absolute Gasteiger partial charge is 0.308 e. The van der Waals surface area contributed by atoms with Crippen LogP contribution in [0, 0.1) is 6.92 Å². The molecule has 0 amide bonds. The van der Waals surface area contributed by atoms with Crippen molar-refractivity contribution >= 4 is 44.3 Å². The molecule has 2 heterocycles. The van der Waals surface area contributed by atoms with Gasteiger partial charge in [-0.05, 0) is 62.2 Å². The molecule has 1 saturated heterocycles. The number of benzene rings is 2. The van der Waals surface area contributed by atoms with Crippen LogP contribution in [-0.4, -0.2) is 41.0 Å². The highest BCUT2D eigenvalue weighted by Gasteiger charge is 2.31. The summed E-state index contributed by atoms with van der Waals surface area (Å²) in [5, 5.41) is 1.80. The third kappa shape index (κ3) is 4.61. The summed E-state index contributed by atoms with van der Waals surface area (Å²) in [6.07, 6.45) is 0. The second-order valence-corrected chi connectivity index (χ2v) is 9.58. The summed E-state index contributed by atoms with van der Waals surface area (Å²) >= 11 is 7.84. The fourth-order valence-corrected chi connectivity index (χ4v) is 5.46. The van der Waals surface area contributed by atoms with Gasteiger partial charge >= 0.3 is 5.97 Å². The molecule has 4 rings (SSSR count). The lowest BCUT2D eigenvalue weighted by Crippen LogP contribution is -2.56. The lowest BCUT2D eigenvalue weighted by atomic mass is 10.0. The highest BCUT2D eigenvalue weighted by molar-refractivity contribution is 7.22. The van der Waals surface area contributed by atoms with Crippen LogP contribution in [0.4, 0.5) is 5.13 Å². The van der Waals surface area contributed by atoms with E-state index in [4.69, 9.17) is 21.3 Å². The molecule has 1 aromatic heterocycles. The van der Waals surface area contributed by atoms with E-state index >= 15 is 0 Å². The van der Waals surface area contributed by atoms with Gasteiger partial charge in [0.1, 0.15) is 5.75 Å². The number of aromatic nitrogens is 1. The van der Waals surface area contributed by atoms with Crippen LogP contribution in [0.1, 0.15) is 31.9 Å². The number of carbonyl (C=O) groups excluding carboxylic acids is 1. The van der Waals surface area contributed by atoms with E-state index < -0.39 is 0 Å². The first kappa shape index (κ1) is 21.1. The predicted molar refractivity (Wildman–Crippen MR) is 124 cm³/mol. The van der Waals surface area contributed by atoms with Crippen LogP contribution in [0.5, 0.6) is 5.75 Å². The number of fused-ring (bicyclic) bond motifs is 1. The van der Waals surface area contributed by atoms with Crippen LogP contribution in [0.15, 0.2) is 36.4 Å². The Labute approximate surface area is 186 Å². The molecule has 0 bridgehead atoms. The van der Waals surface area contributed by atoms with E-state index in [1.807, 2.05) is 37.3 Å². The number of carbonyl (C=O) groups is 1. The zero-order chi connectivity index (χ0) is 21.4. The number of hydrogen-bond acceptors (Lipinski definition) is 6. The van der Waals surface area contributed by atoms with Crippen molar-refractivity contribution in [2.24, 2.45) is 0 Å². The molecular weight excluding hydrogens is 418 g/mol. The van der Waals surface area contributed by atoms with Gasteiger partial charge in [0.05, 0.1) is 10.2 Å². The Morgan fingerprint density at radius 1 is 1.20 bits per heavy atom. The van der Waals surface area contributed by atoms with Crippen molar-refractivity contribution in [1.82, 2.24) is 9.88 Å². The molecule has 0 radical (unpaired) electrons. The van der Waals surface area contributed by atoms with Gasteiger partial charge in [0, 0.05) is 43.7 Å². The second kappa shape index (κ2) is 8.53. The van der Waals surface area contributed by atoms with Crippen molar-refractivity contribution in [2.75, 3.05) is 18.0 Å². The van der Waals surface area contributed by atoms with Crippen molar-refractivity contribution in [3.05, 3.63) is 52.5 Å². The van der Waals surface area contributed by atoms with Crippen LogP contribution >= 0.6 is 22.9 Å². The molecule has 0 saturated carbocycles. The molecule has 0 spiro atoms. The number of halogens is 1. The van der Waals surface area contributed by atoms with E-state index in [0.717, 1.165) is 51.1 Å². The second-order valence-electron chi connectivity index (χ2n) is 8.13. The molecule has 1 fully saturated rings. The van der Waals surface area contributed by atoms with E-state index in [0.29, 0.717) is 17.8 Å². The SMILES string of the molecule is CC(=O)Oc1cc(C)cc(CN2C(C)CN(c3nc4ccc(Cl)cc4s3)CC2C)c1. The first-order chi connectivity index (χ1) is 14.3. The first-order valence-corrected chi connectivity index (χ1v) is 11.3. The van der Waals surface area contributed by atoms with E-state index in [1.54, 1.807) is 11.3 Å². The highest BCUT2D eigenvalue weighted by atomic mass is 35.5. The van der Waals surface area contributed by atoms with Gasteiger partial charge in [-0.1, -0.05) is 29.0 Å². The van der Waals surface area contributed by atoms with Crippen LogP contribution in [-0.2, 0) is 11.3 Å². The molecule has 2 unspecified atom stereocenters. The Bertz CT molecular complexity index is 1070. The number of thiazole rings is 1. The molecule has 2 atom stereocenters. The fraction of sp³-hybridized carbons (Fsp3) is 0.391. The Morgan fingerprint density at radius 3 is 2.63 bits per heavy atom. The van der Waals surface area contributed by atoms with Crippen molar-refractivity contribution in [3.8, 4) is 5.75 Å². The number of aryl methyl sites for hydroxylation is 1. The zero-order valence-electron chi connectivity index (χ0n) is 17.7. The molecule has 30 heavy (non-hydrogen) atoms. The minimum absolute atomic E-state index is 0.293. The van der Waals surface area contributed by atoms with Gasteiger partial charge in [0.15, 0.2) is 5.13 Å². The maximum Gasteiger partial charge on any atom is 0.308 e. The van der Waals surface area contributed by atoms with Gasteiger partial charge in [0.25, 0.3) is 0 Å². The Morgan fingerprint density at radius 2 is 1.93 bits per heavy atom. The Balaban J connectivity index is 1.50. The molecule has 3 aromatic rings. The van der Waals surface area contributed by atoms with Crippen LogP contribution in [0.2, 0.25) is 5.02 Å². The van der Waals surface area contributed by atoms with Crippen molar-refractivity contribution < 1.29 is 9.53 Å². The van der Waals surface area contributed by atoms with Gasteiger partial charge < -0.3 is 9.64 Å². The topological polar surface area (TPSA) is 45.7 Å². The van der Waals surface area contributed by atoms with Gasteiger partial charge in [-0.25, -0.2) is 4.98 Å². The minimum atomic E-state index is -0.293. The summed E-state index contributed by atoms with van der Waals surface area (Å²) in [7, 11) is 0.